The Hall–Kier alpha value is -0.600. The fourth-order valence-electron chi connectivity index (χ4n) is 2.60. The molecule has 0 saturated heterocycles. The van der Waals surface area contributed by atoms with E-state index < -0.39 is 18.3 Å². The van der Waals surface area contributed by atoms with Crippen molar-refractivity contribution in [2.75, 3.05) is 0 Å². The van der Waals surface area contributed by atoms with Gasteiger partial charge in [-0.2, -0.15) is 18.3 Å². The molecule has 8 heteroatoms. The molecule has 3 atom stereocenters. The number of halogens is 3. The van der Waals surface area contributed by atoms with E-state index >= 15 is 0 Å². The van der Waals surface area contributed by atoms with Gasteiger partial charge < -0.3 is 5.11 Å². The van der Waals surface area contributed by atoms with Crippen LogP contribution in [-0.4, -0.2) is 27.3 Å². The Balaban J connectivity index is 1.85. The Morgan fingerprint density at radius 2 is 2.15 bits per heavy atom. The lowest BCUT2D eigenvalue weighted by Crippen LogP contribution is -2.52. The maximum absolute atomic E-state index is 12.8. The predicted molar refractivity (Wildman–Crippen MR) is 75.1 cm³/mol. The summed E-state index contributed by atoms with van der Waals surface area (Å²) in [7, 11) is 0. The third-order valence-corrected chi connectivity index (χ3v) is 6.71. The smallest absolute Gasteiger partial charge is 0.362 e. The number of nitrogens with one attached hydrogen (secondary N) is 1. The largest absolute Gasteiger partial charge is 0.438 e. The van der Waals surface area contributed by atoms with Crippen molar-refractivity contribution >= 4 is 29.2 Å². The molecular weight excluding hydrogens is 309 g/mol. The molecule has 0 spiro atoms. The van der Waals surface area contributed by atoms with Crippen LogP contribution in [0.1, 0.15) is 20.3 Å². The van der Waals surface area contributed by atoms with E-state index in [0.717, 1.165) is 10.5 Å². The van der Waals surface area contributed by atoms with Crippen LogP contribution in [-0.2, 0) is 0 Å². The van der Waals surface area contributed by atoms with Crippen LogP contribution in [0.4, 0.5) is 13.2 Å². The van der Waals surface area contributed by atoms with E-state index in [1.54, 1.807) is 23.5 Å². The van der Waals surface area contributed by atoms with Crippen molar-refractivity contribution < 1.29 is 18.3 Å². The average molecular weight is 322 g/mol. The molecule has 0 aromatic rings. The van der Waals surface area contributed by atoms with E-state index in [-0.39, 0.29) is 10.5 Å². The Labute approximate surface area is 122 Å². The Kier molecular flexibility index (Phi) is 3.19. The van der Waals surface area contributed by atoms with E-state index in [1.165, 1.54) is 5.57 Å². The van der Waals surface area contributed by atoms with Crippen molar-refractivity contribution in [1.82, 2.24) is 5.43 Å². The molecule has 0 unspecified atom stereocenters. The number of fused-ring (bicyclic) bond motifs is 1. The number of thioether (sulfide) groups is 2. The molecule has 3 heterocycles. The fourth-order valence-corrected chi connectivity index (χ4v) is 5.71. The zero-order chi connectivity index (χ0) is 14.7. The zero-order valence-electron chi connectivity index (χ0n) is 10.8. The van der Waals surface area contributed by atoms with Gasteiger partial charge in [-0.05, 0) is 24.8 Å². The summed E-state index contributed by atoms with van der Waals surface area (Å²) >= 11 is 3.23. The Bertz CT molecular complexity index is 555. The molecule has 0 aliphatic carbocycles. The molecule has 0 aromatic heterocycles. The highest BCUT2D eigenvalue weighted by atomic mass is 32.2. The van der Waals surface area contributed by atoms with E-state index in [9.17, 15) is 18.3 Å². The van der Waals surface area contributed by atoms with Crippen LogP contribution in [0, 0.1) is 5.92 Å². The van der Waals surface area contributed by atoms with Crippen LogP contribution in [0.15, 0.2) is 26.6 Å². The van der Waals surface area contributed by atoms with Gasteiger partial charge in [-0.15, -0.1) is 23.5 Å². The molecule has 0 radical (unpaired) electrons. The number of rotatable bonds is 1. The van der Waals surface area contributed by atoms with Gasteiger partial charge in [0.1, 0.15) is 0 Å². The molecule has 20 heavy (non-hydrogen) atoms. The molecule has 0 fully saturated rings. The zero-order valence-corrected chi connectivity index (χ0v) is 12.4. The molecule has 3 rings (SSSR count). The molecule has 3 aliphatic heterocycles. The molecule has 110 valence electrons. The number of allylic oxidation sites excluding steroid dienone is 3. The van der Waals surface area contributed by atoms with Crippen LogP contribution < -0.4 is 5.43 Å². The van der Waals surface area contributed by atoms with Crippen molar-refractivity contribution in [3.05, 3.63) is 21.5 Å². The van der Waals surface area contributed by atoms with Gasteiger partial charge in [0.2, 0.25) is 0 Å². The van der Waals surface area contributed by atoms with Gasteiger partial charge in [0, 0.05) is 10.8 Å². The van der Waals surface area contributed by atoms with Crippen LogP contribution in [0.25, 0.3) is 0 Å². The first-order valence-electron chi connectivity index (χ1n) is 6.06. The monoisotopic (exact) mass is 322 g/mol. The fraction of sp³-hybridized carbons (Fsp3) is 0.583. The van der Waals surface area contributed by atoms with Gasteiger partial charge in [0.05, 0.1) is 16.7 Å². The van der Waals surface area contributed by atoms with Crippen LogP contribution in [0.5, 0.6) is 0 Å². The Morgan fingerprint density at radius 1 is 1.45 bits per heavy atom. The second kappa shape index (κ2) is 4.45. The number of hydrazone groups is 1. The molecule has 0 amide bonds. The van der Waals surface area contributed by atoms with Gasteiger partial charge in [0.15, 0.2) is 0 Å². The van der Waals surface area contributed by atoms with Gasteiger partial charge in [-0.25, -0.2) is 0 Å². The molecule has 2 N–H and O–H groups in total. The minimum absolute atomic E-state index is 0.266. The first-order valence-corrected chi connectivity index (χ1v) is 7.88. The van der Waals surface area contributed by atoms with Crippen molar-refractivity contribution in [3.8, 4) is 0 Å². The van der Waals surface area contributed by atoms with Gasteiger partial charge in [-0.1, -0.05) is 5.57 Å². The maximum atomic E-state index is 12.8. The standard InChI is InChI=1S/C12H13F3N2OS2/c1-5-4-19-10-8(5)6(2)9(20-10)7-3-11(18,17-16-7)12(13,14)15/h4,8,10,17-18H,3H2,1-2H3/t8-,10+,11+/m0/s1. The lowest BCUT2D eigenvalue weighted by molar-refractivity contribution is -0.266. The van der Waals surface area contributed by atoms with Crippen LogP contribution in [0.3, 0.4) is 0 Å². The number of hydrogen-bond donors (Lipinski definition) is 2. The summed E-state index contributed by atoms with van der Waals surface area (Å²) in [6, 6.07) is 0. The van der Waals surface area contributed by atoms with E-state index in [1.807, 2.05) is 19.3 Å². The minimum Gasteiger partial charge on any atom is -0.362 e. The topological polar surface area (TPSA) is 44.6 Å². The summed E-state index contributed by atoms with van der Waals surface area (Å²) in [5.74, 6) is 0.266. The second-order valence-electron chi connectivity index (χ2n) is 5.18. The Morgan fingerprint density at radius 3 is 2.70 bits per heavy atom. The first-order chi connectivity index (χ1) is 9.23. The van der Waals surface area contributed by atoms with Crippen molar-refractivity contribution in [3.63, 3.8) is 0 Å². The van der Waals surface area contributed by atoms with Gasteiger partial charge in [0.25, 0.3) is 5.72 Å². The first kappa shape index (κ1) is 14.3. The third-order valence-electron chi connectivity index (χ3n) is 3.74. The van der Waals surface area contributed by atoms with Crippen molar-refractivity contribution in [1.29, 1.82) is 0 Å². The van der Waals surface area contributed by atoms with E-state index in [0.29, 0.717) is 5.71 Å². The van der Waals surface area contributed by atoms with Crippen molar-refractivity contribution in [2.45, 2.75) is 36.8 Å². The van der Waals surface area contributed by atoms with Crippen molar-refractivity contribution in [2.24, 2.45) is 11.0 Å². The summed E-state index contributed by atoms with van der Waals surface area (Å²) < 4.78 is 38.6. The summed E-state index contributed by atoms with van der Waals surface area (Å²) in [4.78, 5) is 0.785. The van der Waals surface area contributed by atoms with E-state index in [4.69, 9.17) is 0 Å². The normalized spacial score (nSPS) is 36.9. The van der Waals surface area contributed by atoms with Crippen LogP contribution in [0.2, 0.25) is 0 Å². The summed E-state index contributed by atoms with van der Waals surface area (Å²) in [5, 5.41) is 15.4. The highest BCUT2D eigenvalue weighted by Crippen LogP contribution is 2.55. The quantitative estimate of drug-likeness (QED) is 0.778. The SMILES string of the molecule is CC1=CS[C@@H]2SC(C3=NN[C@](O)(C(F)(F)F)C3)=C(C)[C@H]12. The molecule has 0 saturated carbocycles. The molecule has 3 nitrogen and oxygen atoms in total. The minimum atomic E-state index is -4.74. The van der Waals surface area contributed by atoms with Gasteiger partial charge >= 0.3 is 6.18 Å². The van der Waals surface area contributed by atoms with Crippen LogP contribution >= 0.6 is 23.5 Å². The number of hydrogen-bond acceptors (Lipinski definition) is 5. The highest BCUT2D eigenvalue weighted by Gasteiger charge is 2.58. The third kappa shape index (κ3) is 2.00. The number of nitrogens with zero attached hydrogens (tertiary/aromatic N) is 1. The van der Waals surface area contributed by atoms with Gasteiger partial charge in [-0.3, -0.25) is 5.43 Å². The number of alkyl halides is 3. The molecular formula is C12H13F3N2OS2. The molecule has 0 aromatic carbocycles. The average Bonchev–Trinajstić information content (AvgIpc) is 2.97. The lowest BCUT2D eigenvalue weighted by Gasteiger charge is -2.24. The lowest BCUT2D eigenvalue weighted by atomic mass is 9.94. The predicted octanol–water partition coefficient (Wildman–Crippen LogP) is 3.20. The second-order valence-corrected chi connectivity index (χ2v) is 7.65. The summed E-state index contributed by atoms with van der Waals surface area (Å²) in [6.07, 6.45) is -5.28. The summed E-state index contributed by atoms with van der Waals surface area (Å²) in [5.41, 5.74) is 1.49. The maximum Gasteiger partial charge on any atom is 0.438 e. The highest BCUT2D eigenvalue weighted by molar-refractivity contribution is 8.20. The number of aliphatic hydroxyl groups is 1. The van der Waals surface area contributed by atoms with E-state index in [2.05, 4.69) is 10.5 Å². The molecule has 3 aliphatic rings. The summed E-state index contributed by atoms with van der Waals surface area (Å²) in [6.45, 7) is 3.97. The molecule has 0 bridgehead atoms.